The molecule has 0 spiro atoms. The molecule has 4 aliphatic rings. The molecule has 4 fully saturated rings. The van der Waals surface area contributed by atoms with Crippen molar-refractivity contribution in [2.75, 3.05) is 6.54 Å². The van der Waals surface area contributed by atoms with Crippen molar-refractivity contribution in [3.8, 4) is 0 Å². The van der Waals surface area contributed by atoms with E-state index in [1.165, 1.54) is 32.1 Å². The zero-order valence-corrected chi connectivity index (χ0v) is 12.4. The second-order valence-corrected chi connectivity index (χ2v) is 7.18. The van der Waals surface area contributed by atoms with Crippen LogP contribution in [0.25, 0.3) is 0 Å². The SMILES string of the molecule is Cc1cc(C(=O)N2CC3CC4CC(C3)CC2C4)n(C)n1. The Labute approximate surface area is 120 Å². The second kappa shape index (κ2) is 4.34. The van der Waals surface area contributed by atoms with Gasteiger partial charge in [0.15, 0.2) is 0 Å². The molecule has 2 saturated carbocycles. The lowest BCUT2D eigenvalue weighted by Gasteiger charge is -2.38. The van der Waals surface area contributed by atoms with Crippen LogP contribution >= 0.6 is 0 Å². The van der Waals surface area contributed by atoms with Crippen molar-refractivity contribution in [2.45, 2.75) is 45.1 Å². The van der Waals surface area contributed by atoms with Crippen LogP contribution in [0.15, 0.2) is 6.07 Å². The summed E-state index contributed by atoms with van der Waals surface area (Å²) in [5, 5.41) is 4.33. The van der Waals surface area contributed by atoms with Crippen LogP contribution in [0.4, 0.5) is 0 Å². The molecule has 0 radical (unpaired) electrons. The molecule has 2 saturated heterocycles. The van der Waals surface area contributed by atoms with Crippen LogP contribution in [-0.4, -0.2) is 33.2 Å². The monoisotopic (exact) mass is 273 g/mol. The lowest BCUT2D eigenvalue weighted by atomic mass is 9.68. The Balaban J connectivity index is 1.65. The van der Waals surface area contributed by atoms with Gasteiger partial charge in [-0.1, -0.05) is 0 Å². The highest BCUT2D eigenvalue weighted by Crippen LogP contribution is 2.47. The third-order valence-electron chi connectivity index (χ3n) is 5.59. The average molecular weight is 273 g/mol. The van der Waals surface area contributed by atoms with Crippen molar-refractivity contribution >= 4 is 5.91 Å². The van der Waals surface area contributed by atoms with E-state index in [-0.39, 0.29) is 5.91 Å². The van der Waals surface area contributed by atoms with Gasteiger partial charge in [-0.05, 0) is 62.8 Å². The van der Waals surface area contributed by atoms with Gasteiger partial charge in [-0.25, -0.2) is 0 Å². The smallest absolute Gasteiger partial charge is 0.272 e. The minimum Gasteiger partial charge on any atom is -0.334 e. The minimum absolute atomic E-state index is 0.200. The number of carbonyl (C=O) groups excluding carboxylic acids is 1. The summed E-state index contributed by atoms with van der Waals surface area (Å²) in [6.45, 7) is 2.92. The fourth-order valence-corrected chi connectivity index (χ4v) is 4.99. The van der Waals surface area contributed by atoms with Gasteiger partial charge in [0.1, 0.15) is 5.69 Å². The van der Waals surface area contributed by atoms with Gasteiger partial charge in [-0.3, -0.25) is 9.48 Å². The van der Waals surface area contributed by atoms with Gasteiger partial charge in [0.25, 0.3) is 5.91 Å². The number of aromatic nitrogens is 2. The Kier molecular flexibility index (Phi) is 2.69. The molecule has 0 N–H and O–H groups in total. The first-order valence-electron chi connectivity index (χ1n) is 7.91. The summed E-state index contributed by atoms with van der Waals surface area (Å²) in [4.78, 5) is 15.1. The molecule has 2 aliphatic carbocycles. The molecule has 1 aromatic rings. The quantitative estimate of drug-likeness (QED) is 0.788. The Morgan fingerprint density at radius 3 is 2.40 bits per heavy atom. The van der Waals surface area contributed by atoms with Crippen LogP contribution in [-0.2, 0) is 7.05 Å². The molecule has 2 unspecified atom stereocenters. The van der Waals surface area contributed by atoms with Gasteiger partial charge in [0.05, 0.1) is 5.69 Å². The maximum atomic E-state index is 12.9. The van der Waals surface area contributed by atoms with Gasteiger partial charge in [-0.2, -0.15) is 5.10 Å². The number of aryl methyl sites for hydroxylation is 2. The third kappa shape index (κ3) is 1.88. The highest BCUT2D eigenvalue weighted by Gasteiger charge is 2.44. The van der Waals surface area contributed by atoms with Crippen LogP contribution in [0.5, 0.6) is 0 Å². The highest BCUT2D eigenvalue weighted by molar-refractivity contribution is 5.93. The van der Waals surface area contributed by atoms with Crippen molar-refractivity contribution in [1.82, 2.24) is 14.7 Å². The molecular weight excluding hydrogens is 250 g/mol. The van der Waals surface area contributed by atoms with Gasteiger partial charge in [0.2, 0.25) is 0 Å². The average Bonchev–Trinajstić information content (AvgIpc) is 2.60. The number of fused-ring (bicyclic) bond motifs is 1. The number of hydrogen-bond acceptors (Lipinski definition) is 2. The van der Waals surface area contributed by atoms with Crippen molar-refractivity contribution in [3.05, 3.63) is 17.5 Å². The first-order valence-corrected chi connectivity index (χ1v) is 7.91. The highest BCUT2D eigenvalue weighted by atomic mass is 16.2. The Hall–Kier alpha value is -1.32. The summed E-state index contributed by atoms with van der Waals surface area (Å²) >= 11 is 0. The first-order chi connectivity index (χ1) is 9.60. The first kappa shape index (κ1) is 12.4. The van der Waals surface area contributed by atoms with Crippen molar-refractivity contribution in [3.63, 3.8) is 0 Å². The molecule has 108 valence electrons. The van der Waals surface area contributed by atoms with Crippen LogP contribution in [0.2, 0.25) is 0 Å². The number of hydrogen-bond donors (Lipinski definition) is 0. The maximum absolute atomic E-state index is 12.9. The van der Waals surface area contributed by atoms with E-state index >= 15 is 0 Å². The lowest BCUT2D eigenvalue weighted by Crippen LogP contribution is -2.42. The Morgan fingerprint density at radius 2 is 1.80 bits per heavy atom. The molecule has 1 aromatic heterocycles. The number of carbonyl (C=O) groups is 1. The third-order valence-corrected chi connectivity index (χ3v) is 5.59. The van der Waals surface area contributed by atoms with E-state index in [0.717, 1.165) is 35.7 Å². The predicted octanol–water partition coefficient (Wildman–Crippen LogP) is 2.38. The maximum Gasteiger partial charge on any atom is 0.272 e. The van der Waals surface area contributed by atoms with E-state index in [9.17, 15) is 4.79 Å². The van der Waals surface area contributed by atoms with Crippen molar-refractivity contribution < 1.29 is 4.79 Å². The molecule has 1 amide bonds. The van der Waals surface area contributed by atoms with Gasteiger partial charge in [-0.15, -0.1) is 0 Å². The van der Waals surface area contributed by atoms with Gasteiger partial charge in [0, 0.05) is 19.6 Å². The van der Waals surface area contributed by atoms with E-state index in [2.05, 4.69) is 10.00 Å². The fourth-order valence-electron chi connectivity index (χ4n) is 4.99. The lowest BCUT2D eigenvalue weighted by molar-refractivity contribution is 0.0621. The minimum atomic E-state index is 0.200. The van der Waals surface area contributed by atoms with Crippen LogP contribution in [0.3, 0.4) is 0 Å². The normalized spacial score (nSPS) is 35.4. The van der Waals surface area contributed by atoms with Crippen LogP contribution in [0.1, 0.15) is 48.3 Å². The van der Waals surface area contributed by atoms with Crippen LogP contribution in [0, 0.1) is 24.7 Å². The van der Waals surface area contributed by atoms with Gasteiger partial charge >= 0.3 is 0 Å². The molecule has 2 atom stereocenters. The molecule has 4 nitrogen and oxygen atoms in total. The fraction of sp³-hybridized carbons (Fsp3) is 0.750. The summed E-state index contributed by atoms with van der Waals surface area (Å²) in [5.74, 6) is 2.70. The zero-order chi connectivity index (χ0) is 13.9. The topological polar surface area (TPSA) is 38.1 Å². The molecular formula is C16H23N3O. The standard InChI is InChI=1S/C16H23N3O/c1-10-3-15(18(2)17-10)16(20)19-9-13-5-11-4-12(6-13)8-14(19)7-11/h3,11-14H,4-9H2,1-2H3. The number of nitrogens with zero attached hydrogens (tertiary/aromatic N) is 3. The number of amides is 1. The zero-order valence-electron chi connectivity index (χ0n) is 12.4. The summed E-state index contributed by atoms with van der Waals surface area (Å²) < 4.78 is 1.74. The van der Waals surface area contributed by atoms with E-state index in [0.29, 0.717) is 6.04 Å². The summed E-state index contributed by atoms with van der Waals surface area (Å²) in [5.41, 5.74) is 1.68. The summed E-state index contributed by atoms with van der Waals surface area (Å²) in [6.07, 6.45) is 6.58. The molecule has 4 bridgehead atoms. The largest absolute Gasteiger partial charge is 0.334 e. The molecule has 0 aromatic carbocycles. The van der Waals surface area contributed by atoms with Crippen LogP contribution < -0.4 is 0 Å². The van der Waals surface area contributed by atoms with E-state index < -0.39 is 0 Å². The molecule has 4 heteroatoms. The van der Waals surface area contributed by atoms with Gasteiger partial charge < -0.3 is 4.90 Å². The van der Waals surface area contributed by atoms with E-state index in [1.807, 2.05) is 20.0 Å². The predicted molar refractivity (Wildman–Crippen MR) is 76.3 cm³/mol. The number of rotatable bonds is 1. The summed E-state index contributed by atoms with van der Waals surface area (Å²) in [7, 11) is 1.88. The van der Waals surface area contributed by atoms with E-state index in [1.54, 1.807) is 4.68 Å². The van der Waals surface area contributed by atoms with Crippen molar-refractivity contribution in [2.24, 2.45) is 24.8 Å². The molecule has 3 heterocycles. The Morgan fingerprint density at radius 1 is 1.15 bits per heavy atom. The molecule has 2 aliphatic heterocycles. The second-order valence-electron chi connectivity index (χ2n) is 7.18. The summed E-state index contributed by atoms with van der Waals surface area (Å²) in [6, 6.07) is 2.41. The Bertz CT molecular complexity index is 536. The molecule has 5 rings (SSSR count). The van der Waals surface area contributed by atoms with E-state index in [4.69, 9.17) is 0 Å². The molecule has 20 heavy (non-hydrogen) atoms. The van der Waals surface area contributed by atoms with Crippen molar-refractivity contribution in [1.29, 1.82) is 0 Å².